The lowest BCUT2D eigenvalue weighted by Gasteiger charge is -2.15. The van der Waals surface area contributed by atoms with Crippen LogP contribution in [0.5, 0.6) is 0 Å². The molecule has 0 bridgehead atoms. The molecule has 0 radical (unpaired) electrons. The van der Waals surface area contributed by atoms with Crippen molar-refractivity contribution in [1.82, 2.24) is 0 Å². The third-order valence-electron chi connectivity index (χ3n) is 0.774. The molecule has 0 rings (SSSR count). The van der Waals surface area contributed by atoms with E-state index in [2.05, 4.69) is 13.0 Å². The topological polar surface area (TPSA) is 47.9 Å². The normalized spacial score (nSPS) is 12.4. The van der Waals surface area contributed by atoms with Gasteiger partial charge in [-0.1, -0.05) is 0 Å². The summed E-state index contributed by atoms with van der Waals surface area (Å²) >= 11 is 0. The Kier molecular flexibility index (Phi) is 3.44. The molecular weight excluding hydrogens is 144 g/mol. The minimum absolute atomic E-state index is 0.428. The van der Waals surface area contributed by atoms with Crippen LogP contribution in [0.2, 0.25) is 0 Å². The predicted octanol–water partition coefficient (Wildman–Crippen LogP) is -2.00. The molecule has 0 atom stereocenters. The first kappa shape index (κ1) is 8.27. The number of hydrogen-bond acceptors (Lipinski definition) is 4. The van der Waals surface area contributed by atoms with E-state index < -0.39 is 9.05 Å². The molecule has 0 aliphatic heterocycles. The Hall–Kier alpha value is 0.274. The van der Waals surface area contributed by atoms with E-state index in [9.17, 15) is 0 Å². The summed E-state index contributed by atoms with van der Waals surface area (Å²) in [5, 5.41) is 0. The third kappa shape index (κ3) is 2.03. The quantitative estimate of drug-likeness (QED) is 0.478. The lowest BCUT2D eigenvalue weighted by Crippen LogP contribution is -2.43. The summed E-state index contributed by atoms with van der Waals surface area (Å²) in [6, 6.07) is 0. The summed E-state index contributed by atoms with van der Waals surface area (Å²) < 4.78 is 13.7. The van der Waals surface area contributed by atoms with Crippen LogP contribution in [0, 0.1) is 0 Å². The molecule has 0 aliphatic rings. The largest absolute Gasteiger partial charge is 0.665 e. The highest BCUT2D eigenvalue weighted by Crippen LogP contribution is 1.97. The first-order valence-electron chi connectivity index (χ1n) is 2.06. The van der Waals surface area contributed by atoms with Gasteiger partial charge in [0.2, 0.25) is 0 Å². The van der Waals surface area contributed by atoms with Gasteiger partial charge in [0, 0.05) is 14.2 Å². The lowest BCUT2D eigenvalue weighted by atomic mass is 11.8. The van der Waals surface area contributed by atoms with Crippen molar-refractivity contribution in [2.45, 2.75) is 0 Å². The Morgan fingerprint density at radius 3 is 1.75 bits per heavy atom. The molecule has 0 unspecified atom stereocenters. The van der Waals surface area contributed by atoms with E-state index in [-0.39, 0.29) is 0 Å². The predicted molar refractivity (Wildman–Crippen MR) is 33.0 cm³/mol. The van der Waals surface area contributed by atoms with E-state index in [0.717, 1.165) is 0 Å². The zero-order valence-electron chi connectivity index (χ0n) is 5.17. The van der Waals surface area contributed by atoms with E-state index in [1.807, 2.05) is 0 Å². The SMILES string of the molecule is CO[Si](O)(OC)O[SiH3]. The molecule has 0 aromatic carbocycles. The van der Waals surface area contributed by atoms with Gasteiger partial charge >= 0.3 is 9.05 Å². The lowest BCUT2D eigenvalue weighted by molar-refractivity contribution is 0.0769. The van der Waals surface area contributed by atoms with Gasteiger partial charge in [0.25, 0.3) is 0 Å². The van der Waals surface area contributed by atoms with Crippen molar-refractivity contribution >= 4 is 19.5 Å². The van der Waals surface area contributed by atoms with Crippen molar-refractivity contribution in [3.05, 3.63) is 0 Å². The van der Waals surface area contributed by atoms with E-state index >= 15 is 0 Å². The van der Waals surface area contributed by atoms with Crippen molar-refractivity contribution < 1.29 is 17.8 Å². The van der Waals surface area contributed by atoms with Crippen molar-refractivity contribution in [2.75, 3.05) is 14.2 Å². The average Bonchev–Trinajstić information content (AvgIpc) is 1.87. The maximum Gasteiger partial charge on any atom is 0.665 e. The summed E-state index contributed by atoms with van der Waals surface area (Å²) in [5.41, 5.74) is 0. The monoisotopic (exact) mass is 154 g/mol. The van der Waals surface area contributed by atoms with Gasteiger partial charge in [-0.25, -0.2) is 0 Å². The van der Waals surface area contributed by atoms with E-state index in [1.54, 1.807) is 0 Å². The highest BCUT2D eigenvalue weighted by atomic mass is 28.4. The summed E-state index contributed by atoms with van der Waals surface area (Å²) in [6.07, 6.45) is 0. The van der Waals surface area contributed by atoms with Crippen LogP contribution in [0.4, 0.5) is 0 Å². The molecule has 0 heterocycles. The summed E-state index contributed by atoms with van der Waals surface area (Å²) in [5.74, 6) is 0. The number of rotatable bonds is 3. The van der Waals surface area contributed by atoms with E-state index in [4.69, 9.17) is 4.80 Å². The van der Waals surface area contributed by atoms with Crippen LogP contribution in [0.1, 0.15) is 0 Å². The first-order chi connectivity index (χ1) is 3.68. The maximum absolute atomic E-state index is 8.94. The Balaban J connectivity index is 3.58. The molecule has 6 heteroatoms. The zero-order valence-corrected chi connectivity index (χ0v) is 8.17. The van der Waals surface area contributed by atoms with Gasteiger partial charge in [0.1, 0.15) is 10.5 Å². The molecule has 1 N–H and O–H groups in total. The summed E-state index contributed by atoms with van der Waals surface area (Å²) in [4.78, 5) is 8.94. The van der Waals surface area contributed by atoms with Crippen LogP contribution in [0.15, 0.2) is 0 Å². The average molecular weight is 154 g/mol. The van der Waals surface area contributed by atoms with Gasteiger partial charge in [0.05, 0.1) is 0 Å². The van der Waals surface area contributed by atoms with Gasteiger partial charge in [-0.05, 0) is 0 Å². The fraction of sp³-hybridized carbons (Fsp3) is 1.00. The van der Waals surface area contributed by atoms with Gasteiger partial charge in [0.15, 0.2) is 0 Å². The Labute approximate surface area is 52.4 Å². The minimum Gasteiger partial charge on any atom is -0.403 e. The second-order valence-corrected chi connectivity index (χ2v) is 4.63. The Morgan fingerprint density at radius 1 is 1.38 bits per heavy atom. The highest BCUT2D eigenvalue weighted by Gasteiger charge is 2.35. The molecule has 0 saturated heterocycles. The zero-order chi connectivity index (χ0) is 6.62. The molecule has 50 valence electrons. The van der Waals surface area contributed by atoms with Gasteiger partial charge in [-0.15, -0.1) is 0 Å². The fourth-order valence-corrected chi connectivity index (χ4v) is 1.75. The fourth-order valence-electron chi connectivity index (χ4n) is 0.250. The number of hydrogen-bond donors (Lipinski definition) is 1. The molecule has 0 aromatic heterocycles. The maximum atomic E-state index is 8.94. The van der Waals surface area contributed by atoms with E-state index in [1.165, 1.54) is 14.2 Å². The van der Waals surface area contributed by atoms with Crippen molar-refractivity contribution in [2.24, 2.45) is 0 Å². The van der Waals surface area contributed by atoms with Crippen molar-refractivity contribution in [1.29, 1.82) is 0 Å². The Bertz CT molecular complexity index is 54.8. The molecule has 0 aromatic rings. The molecule has 0 aliphatic carbocycles. The van der Waals surface area contributed by atoms with Gasteiger partial charge < -0.3 is 17.8 Å². The summed E-state index contributed by atoms with van der Waals surface area (Å²) in [7, 11) is 0.0278. The van der Waals surface area contributed by atoms with E-state index in [0.29, 0.717) is 10.5 Å². The van der Waals surface area contributed by atoms with Crippen molar-refractivity contribution in [3.8, 4) is 0 Å². The molecule has 0 spiro atoms. The molecule has 0 amide bonds. The Morgan fingerprint density at radius 2 is 1.75 bits per heavy atom. The first-order valence-corrected chi connectivity index (χ1v) is 4.55. The van der Waals surface area contributed by atoms with Crippen LogP contribution in [0.25, 0.3) is 0 Å². The standard InChI is InChI=1S/C2H10O4Si2/c1-4-8(3,5-2)6-7/h3H,1-2,7H3. The van der Waals surface area contributed by atoms with Crippen LogP contribution in [0.3, 0.4) is 0 Å². The van der Waals surface area contributed by atoms with Crippen LogP contribution >= 0.6 is 0 Å². The van der Waals surface area contributed by atoms with Crippen LogP contribution in [-0.2, 0) is 13.0 Å². The molecular formula is C2H10O4Si2. The molecule has 8 heavy (non-hydrogen) atoms. The highest BCUT2D eigenvalue weighted by molar-refractivity contribution is 6.55. The third-order valence-corrected chi connectivity index (χ3v) is 3.87. The van der Waals surface area contributed by atoms with Crippen LogP contribution < -0.4 is 0 Å². The minimum atomic E-state index is -3.11. The second kappa shape index (κ2) is 3.33. The molecule has 0 saturated carbocycles. The van der Waals surface area contributed by atoms with Crippen molar-refractivity contribution in [3.63, 3.8) is 0 Å². The van der Waals surface area contributed by atoms with Gasteiger partial charge in [-0.3, -0.25) is 0 Å². The van der Waals surface area contributed by atoms with Crippen LogP contribution in [-0.4, -0.2) is 38.5 Å². The smallest absolute Gasteiger partial charge is 0.403 e. The van der Waals surface area contributed by atoms with Gasteiger partial charge in [-0.2, -0.15) is 0 Å². The second-order valence-electron chi connectivity index (χ2n) is 1.14. The molecule has 0 fully saturated rings. The summed E-state index contributed by atoms with van der Waals surface area (Å²) in [6.45, 7) is 0. The molecule has 4 nitrogen and oxygen atoms in total.